The average molecular weight is 521 g/mol. The van der Waals surface area contributed by atoms with Crippen molar-refractivity contribution >= 4 is 62.3 Å². The maximum Gasteiger partial charge on any atom is 0.244 e. The second-order valence-corrected chi connectivity index (χ2v) is 10.2. The fraction of sp³-hybridized carbons (Fsp3) is 0.333. The molecule has 0 aliphatic rings. The molecule has 0 spiro atoms. The molecule has 2 aromatic carbocycles. The molecule has 1 N–H and O–H groups in total. The first kappa shape index (κ1) is 26.3. The summed E-state index contributed by atoms with van der Waals surface area (Å²) in [6.45, 7) is 3.17. The van der Waals surface area contributed by atoms with Gasteiger partial charge in [0.25, 0.3) is 0 Å². The number of likely N-dealkylation sites (N-methyl/N-ethyl adjacent to an activating group) is 1. The molecule has 174 valence electrons. The van der Waals surface area contributed by atoms with Crippen molar-refractivity contribution in [3.05, 3.63) is 63.1 Å². The lowest BCUT2D eigenvalue weighted by atomic mass is 10.1. The Hall–Kier alpha value is -2.00. The van der Waals surface area contributed by atoms with E-state index >= 15 is 0 Å². The number of nitrogens with zero attached hydrogens (tertiary/aromatic N) is 2. The summed E-state index contributed by atoms with van der Waals surface area (Å²) in [5, 5.41) is 3.50. The number of anilines is 1. The van der Waals surface area contributed by atoms with Gasteiger partial charge in [0, 0.05) is 23.1 Å². The number of amides is 2. The highest BCUT2D eigenvalue weighted by atomic mass is 35.5. The molecule has 0 saturated carbocycles. The zero-order chi connectivity index (χ0) is 24.1. The standard InChI is InChI=1S/C21H24Cl3N3O4S/c1-4-25-21(29)14(2)26(12-15-7-5-6-8-17(15)23)20(28)13-27(32(3,30)31)19-10-9-16(22)11-18(19)24/h5-11,14H,4,12-13H2,1-3H3,(H,25,29). The van der Waals surface area contributed by atoms with Gasteiger partial charge in [-0.25, -0.2) is 8.42 Å². The molecule has 7 nitrogen and oxygen atoms in total. The Bertz CT molecular complexity index is 1100. The van der Waals surface area contributed by atoms with Crippen LogP contribution in [0.15, 0.2) is 42.5 Å². The molecule has 0 heterocycles. The highest BCUT2D eigenvalue weighted by Crippen LogP contribution is 2.30. The number of sulfonamides is 1. The SMILES string of the molecule is CCNC(=O)C(C)N(Cc1ccccc1Cl)C(=O)CN(c1ccc(Cl)cc1Cl)S(C)(=O)=O. The Morgan fingerprint density at radius 1 is 1.06 bits per heavy atom. The van der Waals surface area contributed by atoms with Crippen LogP contribution >= 0.6 is 34.8 Å². The maximum atomic E-state index is 13.3. The third-order valence-electron chi connectivity index (χ3n) is 4.67. The topological polar surface area (TPSA) is 86.8 Å². The first-order valence-corrected chi connectivity index (χ1v) is 12.7. The fourth-order valence-electron chi connectivity index (χ4n) is 2.99. The molecule has 0 aliphatic carbocycles. The first-order valence-electron chi connectivity index (χ1n) is 9.69. The van der Waals surface area contributed by atoms with E-state index in [1.54, 1.807) is 38.1 Å². The number of benzene rings is 2. The van der Waals surface area contributed by atoms with Crippen LogP contribution in [0, 0.1) is 0 Å². The molecule has 11 heteroatoms. The molecule has 1 atom stereocenters. The van der Waals surface area contributed by atoms with Crippen LogP contribution in [0.4, 0.5) is 5.69 Å². The molecule has 0 aliphatic heterocycles. The normalized spacial score (nSPS) is 12.2. The molecule has 2 amide bonds. The zero-order valence-corrected chi connectivity index (χ0v) is 20.9. The largest absolute Gasteiger partial charge is 0.355 e. The minimum absolute atomic E-state index is 0.0166. The van der Waals surface area contributed by atoms with Crippen molar-refractivity contribution in [2.45, 2.75) is 26.4 Å². The van der Waals surface area contributed by atoms with Crippen molar-refractivity contribution < 1.29 is 18.0 Å². The Labute approximate surface area is 203 Å². The lowest BCUT2D eigenvalue weighted by Crippen LogP contribution is -2.51. The van der Waals surface area contributed by atoms with Crippen LogP contribution in [0.5, 0.6) is 0 Å². The van der Waals surface area contributed by atoms with Crippen LogP contribution < -0.4 is 9.62 Å². The van der Waals surface area contributed by atoms with Gasteiger partial charge in [-0.05, 0) is 43.7 Å². The summed E-state index contributed by atoms with van der Waals surface area (Å²) in [6, 6.07) is 10.3. The number of carbonyl (C=O) groups excluding carboxylic acids is 2. The predicted molar refractivity (Wildman–Crippen MR) is 129 cm³/mol. The number of nitrogens with one attached hydrogen (secondary N) is 1. The molecule has 0 bridgehead atoms. The predicted octanol–water partition coefficient (Wildman–Crippen LogP) is 3.97. The van der Waals surface area contributed by atoms with E-state index in [1.165, 1.54) is 23.1 Å². The minimum Gasteiger partial charge on any atom is -0.355 e. The lowest BCUT2D eigenvalue weighted by molar-refractivity contribution is -0.139. The van der Waals surface area contributed by atoms with Crippen LogP contribution in [0.2, 0.25) is 15.1 Å². The van der Waals surface area contributed by atoms with Gasteiger partial charge in [0.05, 0.1) is 17.0 Å². The van der Waals surface area contributed by atoms with Crippen LogP contribution in [0.1, 0.15) is 19.4 Å². The Balaban J connectivity index is 2.43. The summed E-state index contributed by atoms with van der Waals surface area (Å²) in [5.74, 6) is -0.969. The second kappa shape index (κ2) is 11.2. The fourth-order valence-corrected chi connectivity index (χ4v) is 4.61. The lowest BCUT2D eigenvalue weighted by Gasteiger charge is -2.31. The summed E-state index contributed by atoms with van der Waals surface area (Å²) >= 11 is 18.4. The van der Waals surface area contributed by atoms with Gasteiger partial charge in [0.1, 0.15) is 12.6 Å². The number of carbonyl (C=O) groups is 2. The molecule has 0 saturated heterocycles. The molecular formula is C21H24Cl3N3O4S. The van der Waals surface area contributed by atoms with E-state index in [1.807, 2.05) is 0 Å². The van der Waals surface area contributed by atoms with Crippen molar-refractivity contribution in [1.82, 2.24) is 10.2 Å². The number of halogens is 3. The second-order valence-electron chi connectivity index (χ2n) is 7.05. The molecule has 0 fully saturated rings. The Morgan fingerprint density at radius 2 is 1.72 bits per heavy atom. The van der Waals surface area contributed by atoms with Gasteiger partial charge >= 0.3 is 0 Å². The van der Waals surface area contributed by atoms with Gasteiger partial charge in [0.2, 0.25) is 21.8 Å². The Kier molecular flexibility index (Phi) is 9.21. The van der Waals surface area contributed by atoms with Gasteiger partial charge in [-0.2, -0.15) is 0 Å². The van der Waals surface area contributed by atoms with E-state index in [9.17, 15) is 18.0 Å². The number of hydrogen-bond donors (Lipinski definition) is 1. The summed E-state index contributed by atoms with van der Waals surface area (Å²) in [7, 11) is -3.89. The van der Waals surface area contributed by atoms with Crippen molar-refractivity contribution in [3.63, 3.8) is 0 Å². The van der Waals surface area contributed by atoms with E-state index in [0.717, 1.165) is 10.6 Å². The summed E-state index contributed by atoms with van der Waals surface area (Å²) in [5.41, 5.74) is 0.726. The molecule has 32 heavy (non-hydrogen) atoms. The highest BCUT2D eigenvalue weighted by molar-refractivity contribution is 7.92. The van der Waals surface area contributed by atoms with E-state index in [0.29, 0.717) is 22.2 Å². The number of rotatable bonds is 9. The molecule has 2 rings (SSSR count). The summed E-state index contributed by atoms with van der Waals surface area (Å²) in [4.78, 5) is 27.1. The molecule has 0 aromatic heterocycles. The van der Waals surface area contributed by atoms with Crippen LogP contribution in [-0.4, -0.2) is 50.5 Å². The summed E-state index contributed by atoms with van der Waals surface area (Å²) in [6.07, 6.45) is 0.969. The van der Waals surface area contributed by atoms with Gasteiger partial charge in [-0.3, -0.25) is 13.9 Å². The van der Waals surface area contributed by atoms with Gasteiger partial charge in [0.15, 0.2) is 0 Å². The zero-order valence-electron chi connectivity index (χ0n) is 17.8. The van der Waals surface area contributed by atoms with E-state index in [4.69, 9.17) is 34.8 Å². The maximum absolute atomic E-state index is 13.3. The highest BCUT2D eigenvalue weighted by Gasteiger charge is 2.31. The van der Waals surface area contributed by atoms with Gasteiger partial charge < -0.3 is 10.2 Å². The molecule has 1 unspecified atom stereocenters. The van der Waals surface area contributed by atoms with Gasteiger partial charge in [-0.1, -0.05) is 53.0 Å². The minimum atomic E-state index is -3.89. The third-order valence-corrected chi connectivity index (χ3v) is 6.71. The van der Waals surface area contributed by atoms with Crippen molar-refractivity contribution in [2.75, 3.05) is 23.7 Å². The molecule has 0 radical (unpaired) electrons. The van der Waals surface area contributed by atoms with Crippen molar-refractivity contribution in [2.24, 2.45) is 0 Å². The third kappa shape index (κ3) is 6.75. The Morgan fingerprint density at radius 3 is 2.28 bits per heavy atom. The number of hydrogen-bond acceptors (Lipinski definition) is 4. The molecular weight excluding hydrogens is 497 g/mol. The van der Waals surface area contributed by atoms with Crippen LogP contribution in [0.3, 0.4) is 0 Å². The smallest absolute Gasteiger partial charge is 0.244 e. The average Bonchev–Trinajstić information content (AvgIpc) is 2.70. The summed E-state index contributed by atoms with van der Waals surface area (Å²) < 4.78 is 25.9. The van der Waals surface area contributed by atoms with Crippen molar-refractivity contribution in [1.29, 1.82) is 0 Å². The monoisotopic (exact) mass is 519 g/mol. The van der Waals surface area contributed by atoms with Crippen LogP contribution in [0.25, 0.3) is 0 Å². The van der Waals surface area contributed by atoms with Crippen LogP contribution in [-0.2, 0) is 26.2 Å². The van der Waals surface area contributed by atoms with E-state index in [-0.39, 0.29) is 23.2 Å². The quantitative estimate of drug-likeness (QED) is 0.542. The first-order chi connectivity index (χ1) is 15.0. The van der Waals surface area contributed by atoms with E-state index in [2.05, 4.69) is 5.32 Å². The van der Waals surface area contributed by atoms with Crippen molar-refractivity contribution in [3.8, 4) is 0 Å². The molecule has 2 aromatic rings. The van der Waals surface area contributed by atoms with Gasteiger partial charge in [-0.15, -0.1) is 0 Å². The van der Waals surface area contributed by atoms with E-state index < -0.39 is 28.5 Å².